The maximum absolute atomic E-state index is 2.97. The molecule has 2 saturated carbocycles. The SMILES string of the molecule is CC(C)C1CC(C2CC(N3CCCC(C(C)(C)C)C3)C2)CN(C2CCCCC2)C1. The van der Waals surface area contributed by atoms with Crippen LogP contribution in [0.1, 0.15) is 98.8 Å². The van der Waals surface area contributed by atoms with Gasteiger partial charge in [0.25, 0.3) is 0 Å². The lowest BCUT2D eigenvalue weighted by Gasteiger charge is -2.53. The number of hydrogen-bond donors (Lipinski definition) is 0. The van der Waals surface area contributed by atoms with E-state index < -0.39 is 0 Å². The van der Waals surface area contributed by atoms with Gasteiger partial charge in [0.1, 0.15) is 0 Å². The summed E-state index contributed by atoms with van der Waals surface area (Å²) in [6.07, 6.45) is 14.8. The van der Waals surface area contributed by atoms with E-state index in [-0.39, 0.29) is 0 Å². The predicted octanol–water partition coefficient (Wildman–Crippen LogP) is 6.45. The molecule has 0 amide bonds. The molecule has 2 aliphatic carbocycles. The Kier molecular flexibility index (Phi) is 7.01. The second kappa shape index (κ2) is 9.19. The summed E-state index contributed by atoms with van der Waals surface area (Å²) in [6, 6.07) is 1.83. The van der Waals surface area contributed by atoms with E-state index in [1.54, 1.807) is 0 Å². The fourth-order valence-electron chi connectivity index (χ4n) is 7.14. The van der Waals surface area contributed by atoms with Crippen molar-refractivity contribution in [3.63, 3.8) is 0 Å². The second-order valence-electron chi connectivity index (χ2n) is 12.8. The Hall–Kier alpha value is -0.0800. The fourth-order valence-corrected chi connectivity index (χ4v) is 7.14. The molecule has 0 aromatic rings. The molecule has 0 aromatic heterocycles. The number of likely N-dealkylation sites (tertiary alicyclic amines) is 2. The van der Waals surface area contributed by atoms with E-state index >= 15 is 0 Å². The topological polar surface area (TPSA) is 6.48 Å². The van der Waals surface area contributed by atoms with Gasteiger partial charge in [-0.1, -0.05) is 53.9 Å². The molecule has 3 atom stereocenters. The van der Waals surface area contributed by atoms with Gasteiger partial charge in [-0.25, -0.2) is 0 Å². The average Bonchev–Trinajstić information content (AvgIpc) is 2.67. The highest BCUT2D eigenvalue weighted by Gasteiger charge is 2.44. The van der Waals surface area contributed by atoms with Gasteiger partial charge in [0.15, 0.2) is 0 Å². The molecule has 0 radical (unpaired) electrons. The van der Waals surface area contributed by atoms with Crippen molar-refractivity contribution in [2.24, 2.45) is 35.0 Å². The average molecular weight is 403 g/mol. The summed E-state index contributed by atoms with van der Waals surface area (Å²) in [7, 11) is 0. The zero-order chi connectivity index (χ0) is 20.6. The fraction of sp³-hybridized carbons (Fsp3) is 1.00. The normalized spacial score (nSPS) is 38.9. The van der Waals surface area contributed by atoms with Crippen LogP contribution in [-0.2, 0) is 0 Å². The molecule has 0 N–H and O–H groups in total. The van der Waals surface area contributed by atoms with Gasteiger partial charge in [-0.15, -0.1) is 0 Å². The summed E-state index contributed by atoms with van der Waals surface area (Å²) in [5, 5.41) is 0. The van der Waals surface area contributed by atoms with E-state index in [1.807, 2.05) is 0 Å². The Morgan fingerprint density at radius 2 is 1.41 bits per heavy atom. The molecule has 168 valence electrons. The van der Waals surface area contributed by atoms with Crippen molar-refractivity contribution < 1.29 is 0 Å². The highest BCUT2D eigenvalue weighted by molar-refractivity contribution is 4.97. The van der Waals surface area contributed by atoms with E-state index in [9.17, 15) is 0 Å². The van der Waals surface area contributed by atoms with Gasteiger partial charge in [-0.3, -0.25) is 4.90 Å². The van der Waals surface area contributed by atoms with E-state index in [2.05, 4.69) is 44.4 Å². The first-order chi connectivity index (χ1) is 13.8. The van der Waals surface area contributed by atoms with Crippen molar-refractivity contribution in [2.75, 3.05) is 26.2 Å². The predicted molar refractivity (Wildman–Crippen MR) is 125 cm³/mol. The molecule has 2 nitrogen and oxygen atoms in total. The molecular formula is C27H50N2. The highest BCUT2D eigenvalue weighted by Crippen LogP contribution is 2.45. The Morgan fingerprint density at radius 3 is 2.07 bits per heavy atom. The van der Waals surface area contributed by atoms with Crippen molar-refractivity contribution in [2.45, 2.75) is 111 Å². The first-order valence-electron chi connectivity index (χ1n) is 13.3. The van der Waals surface area contributed by atoms with Crippen molar-refractivity contribution in [3.05, 3.63) is 0 Å². The number of rotatable bonds is 4. The molecule has 2 heterocycles. The monoisotopic (exact) mass is 402 g/mol. The van der Waals surface area contributed by atoms with Gasteiger partial charge >= 0.3 is 0 Å². The Balaban J connectivity index is 1.32. The third-order valence-corrected chi connectivity index (χ3v) is 9.59. The minimum absolute atomic E-state index is 0.482. The summed E-state index contributed by atoms with van der Waals surface area (Å²) < 4.78 is 0. The number of hydrogen-bond acceptors (Lipinski definition) is 2. The van der Waals surface area contributed by atoms with Crippen molar-refractivity contribution in [3.8, 4) is 0 Å². The first-order valence-corrected chi connectivity index (χ1v) is 13.3. The third kappa shape index (κ3) is 5.22. The Morgan fingerprint density at radius 1 is 0.690 bits per heavy atom. The zero-order valence-corrected chi connectivity index (χ0v) is 20.3. The van der Waals surface area contributed by atoms with Gasteiger partial charge in [0.05, 0.1) is 0 Å². The van der Waals surface area contributed by atoms with Crippen LogP contribution in [0.4, 0.5) is 0 Å². The standard InChI is InChI=1S/C27H50N2/c1-20(2)22-14-23(18-29(17-22)25-11-7-6-8-12-25)21-15-26(16-21)28-13-9-10-24(19-28)27(3,4)5/h20-26H,6-19H2,1-5H3. The third-order valence-electron chi connectivity index (χ3n) is 9.59. The van der Waals surface area contributed by atoms with Gasteiger partial charge in [-0.05, 0) is 86.5 Å². The molecule has 0 bridgehead atoms. The summed E-state index contributed by atoms with van der Waals surface area (Å²) in [4.78, 5) is 5.87. The molecule has 4 aliphatic rings. The molecule has 2 aliphatic heterocycles. The second-order valence-corrected chi connectivity index (χ2v) is 12.8. The molecule has 3 unspecified atom stereocenters. The van der Waals surface area contributed by atoms with Crippen molar-refractivity contribution in [1.29, 1.82) is 0 Å². The molecule has 2 saturated heterocycles. The van der Waals surface area contributed by atoms with Crippen molar-refractivity contribution in [1.82, 2.24) is 9.80 Å². The van der Waals surface area contributed by atoms with Crippen LogP contribution in [0, 0.1) is 35.0 Å². The molecular weight excluding hydrogens is 352 g/mol. The zero-order valence-electron chi connectivity index (χ0n) is 20.3. The largest absolute Gasteiger partial charge is 0.300 e. The van der Waals surface area contributed by atoms with Gasteiger partial charge in [0.2, 0.25) is 0 Å². The first kappa shape index (κ1) is 22.1. The summed E-state index contributed by atoms with van der Waals surface area (Å²) in [6.45, 7) is 17.9. The van der Waals surface area contributed by atoms with Gasteiger partial charge in [-0.2, -0.15) is 0 Å². The van der Waals surface area contributed by atoms with Crippen LogP contribution in [-0.4, -0.2) is 48.1 Å². The molecule has 0 aromatic carbocycles. The number of nitrogens with zero attached hydrogens (tertiary/aromatic N) is 2. The maximum atomic E-state index is 2.97. The van der Waals surface area contributed by atoms with E-state index in [0.29, 0.717) is 5.41 Å². The van der Waals surface area contributed by atoms with Crippen LogP contribution >= 0.6 is 0 Å². The van der Waals surface area contributed by atoms with Crippen LogP contribution < -0.4 is 0 Å². The minimum atomic E-state index is 0.482. The Labute approximate surface area is 182 Å². The molecule has 29 heavy (non-hydrogen) atoms. The maximum Gasteiger partial charge on any atom is 0.0101 e. The van der Waals surface area contributed by atoms with Crippen LogP contribution in [0.25, 0.3) is 0 Å². The smallest absolute Gasteiger partial charge is 0.0101 e. The lowest BCUT2D eigenvalue weighted by Crippen LogP contribution is -2.55. The molecule has 2 heteroatoms. The number of piperidine rings is 2. The van der Waals surface area contributed by atoms with Crippen molar-refractivity contribution >= 4 is 0 Å². The lowest BCUT2D eigenvalue weighted by atomic mass is 9.65. The van der Waals surface area contributed by atoms with Crippen LogP contribution in [0.3, 0.4) is 0 Å². The van der Waals surface area contributed by atoms with Gasteiger partial charge < -0.3 is 4.90 Å². The summed E-state index contributed by atoms with van der Waals surface area (Å²) >= 11 is 0. The van der Waals surface area contributed by atoms with E-state index in [4.69, 9.17) is 0 Å². The van der Waals surface area contributed by atoms with Gasteiger partial charge in [0, 0.05) is 31.7 Å². The van der Waals surface area contributed by atoms with Crippen LogP contribution in [0.15, 0.2) is 0 Å². The van der Waals surface area contributed by atoms with E-state index in [1.165, 1.54) is 90.4 Å². The Bertz CT molecular complexity index is 509. The highest BCUT2D eigenvalue weighted by atomic mass is 15.2. The minimum Gasteiger partial charge on any atom is -0.300 e. The van der Waals surface area contributed by atoms with Crippen LogP contribution in [0.2, 0.25) is 0 Å². The molecule has 4 fully saturated rings. The summed E-state index contributed by atoms with van der Waals surface area (Å²) in [5.41, 5.74) is 0.482. The molecule has 0 spiro atoms. The molecule has 4 rings (SSSR count). The summed E-state index contributed by atoms with van der Waals surface area (Å²) in [5.74, 6) is 4.70. The lowest BCUT2D eigenvalue weighted by molar-refractivity contribution is -0.0347. The van der Waals surface area contributed by atoms with E-state index in [0.717, 1.165) is 41.7 Å². The quantitative estimate of drug-likeness (QED) is 0.533. The van der Waals surface area contributed by atoms with Crippen LogP contribution in [0.5, 0.6) is 0 Å².